The van der Waals surface area contributed by atoms with Crippen molar-refractivity contribution < 1.29 is 26.7 Å². The Balaban J connectivity index is 1.63. The largest absolute Gasteiger partial charge is 0.419 e. The molecule has 0 bridgehead atoms. The Labute approximate surface area is 187 Å². The molecule has 1 unspecified atom stereocenters. The molecule has 10 heteroatoms. The number of alkyl halides is 3. The van der Waals surface area contributed by atoms with Crippen molar-refractivity contribution in [3.63, 3.8) is 0 Å². The number of halogens is 5. The average molecular weight is 466 g/mol. The number of hydrogen-bond acceptors (Lipinski definition) is 4. The van der Waals surface area contributed by atoms with Crippen LogP contribution in [0.1, 0.15) is 40.3 Å². The maximum absolute atomic E-state index is 14.9. The summed E-state index contributed by atoms with van der Waals surface area (Å²) in [6, 6.07) is 0.593. The normalized spacial score (nSPS) is 18.8. The molecule has 176 valence electrons. The second-order valence-electron chi connectivity index (χ2n) is 8.35. The van der Waals surface area contributed by atoms with Gasteiger partial charge in [-0.2, -0.15) is 13.2 Å². The third kappa shape index (κ3) is 4.30. The van der Waals surface area contributed by atoms with Crippen molar-refractivity contribution in [2.24, 2.45) is 0 Å². The number of carbonyl (C=O) groups is 1. The SMILES string of the molecule is C=CC(=O)N1CCN(c2ncnc3c2CCC(c2c(F)c(C)cc(F)c2C(F)(F)F)C3)CC1. The van der Waals surface area contributed by atoms with Crippen LogP contribution in [0.2, 0.25) is 0 Å². The van der Waals surface area contributed by atoms with E-state index in [1.807, 2.05) is 4.90 Å². The molecule has 0 N–H and O–H groups in total. The van der Waals surface area contributed by atoms with Crippen molar-refractivity contribution in [3.8, 4) is 0 Å². The van der Waals surface area contributed by atoms with Crippen molar-refractivity contribution in [1.29, 1.82) is 0 Å². The minimum atomic E-state index is -5.01. The monoisotopic (exact) mass is 466 g/mol. The van der Waals surface area contributed by atoms with E-state index in [0.717, 1.165) is 5.56 Å². The number of amides is 1. The van der Waals surface area contributed by atoms with Gasteiger partial charge in [0.25, 0.3) is 0 Å². The first-order valence-electron chi connectivity index (χ1n) is 10.7. The lowest BCUT2D eigenvalue weighted by atomic mass is 9.79. The van der Waals surface area contributed by atoms with Gasteiger partial charge in [0.1, 0.15) is 23.8 Å². The van der Waals surface area contributed by atoms with E-state index in [2.05, 4.69) is 16.5 Å². The van der Waals surface area contributed by atoms with Crippen LogP contribution < -0.4 is 4.90 Å². The minimum Gasteiger partial charge on any atom is -0.353 e. The van der Waals surface area contributed by atoms with Crippen molar-refractivity contribution in [2.45, 2.75) is 38.3 Å². The number of carbonyl (C=O) groups excluding carboxylic acids is 1. The van der Waals surface area contributed by atoms with Crippen LogP contribution in [0.4, 0.5) is 27.8 Å². The Hall–Kier alpha value is -3.04. The summed E-state index contributed by atoms with van der Waals surface area (Å²) in [5.41, 5.74) is -0.968. The van der Waals surface area contributed by atoms with Crippen molar-refractivity contribution in [3.05, 3.63) is 64.6 Å². The molecule has 1 saturated heterocycles. The number of benzene rings is 1. The number of aryl methyl sites for hydroxylation is 1. The summed E-state index contributed by atoms with van der Waals surface area (Å²) in [5.74, 6) is -2.80. The van der Waals surface area contributed by atoms with E-state index in [4.69, 9.17) is 0 Å². The van der Waals surface area contributed by atoms with Crippen LogP contribution >= 0.6 is 0 Å². The van der Waals surface area contributed by atoms with E-state index in [-0.39, 0.29) is 24.3 Å². The first kappa shape index (κ1) is 23.1. The van der Waals surface area contributed by atoms with Crippen molar-refractivity contribution in [1.82, 2.24) is 14.9 Å². The van der Waals surface area contributed by atoms with Gasteiger partial charge >= 0.3 is 6.18 Å². The van der Waals surface area contributed by atoms with E-state index < -0.39 is 34.9 Å². The van der Waals surface area contributed by atoms with E-state index >= 15 is 0 Å². The highest BCUT2D eigenvalue weighted by Crippen LogP contribution is 2.44. The fourth-order valence-corrected chi connectivity index (χ4v) is 4.76. The van der Waals surface area contributed by atoms with Gasteiger partial charge in [0, 0.05) is 43.0 Å². The Morgan fingerprint density at radius 1 is 1.18 bits per heavy atom. The minimum absolute atomic E-state index is 0.0582. The molecule has 2 aliphatic rings. The quantitative estimate of drug-likeness (QED) is 0.503. The van der Waals surface area contributed by atoms with Gasteiger partial charge in [0.15, 0.2) is 0 Å². The van der Waals surface area contributed by atoms with Crippen LogP contribution in [0.3, 0.4) is 0 Å². The Kier molecular flexibility index (Phi) is 6.11. The van der Waals surface area contributed by atoms with E-state index in [9.17, 15) is 26.7 Å². The van der Waals surface area contributed by atoms with Gasteiger partial charge in [-0.1, -0.05) is 6.58 Å². The lowest BCUT2D eigenvalue weighted by Gasteiger charge is -2.37. The second-order valence-corrected chi connectivity index (χ2v) is 8.35. The molecule has 2 heterocycles. The summed E-state index contributed by atoms with van der Waals surface area (Å²) < 4.78 is 70.1. The molecular formula is C23H23F5N4O. The Morgan fingerprint density at radius 2 is 1.88 bits per heavy atom. The topological polar surface area (TPSA) is 49.3 Å². The third-order valence-corrected chi connectivity index (χ3v) is 6.39. The van der Waals surface area contributed by atoms with Crippen LogP contribution in [0.15, 0.2) is 25.0 Å². The molecule has 2 aromatic rings. The van der Waals surface area contributed by atoms with Gasteiger partial charge in [-0.05, 0) is 49.8 Å². The van der Waals surface area contributed by atoms with Crippen molar-refractivity contribution >= 4 is 11.7 Å². The number of piperazine rings is 1. The summed E-state index contributed by atoms with van der Waals surface area (Å²) in [5, 5.41) is 0. The second kappa shape index (κ2) is 8.72. The fraction of sp³-hybridized carbons (Fsp3) is 0.435. The maximum Gasteiger partial charge on any atom is 0.419 e. The zero-order chi connectivity index (χ0) is 23.9. The molecule has 5 nitrogen and oxygen atoms in total. The molecule has 4 rings (SSSR count). The van der Waals surface area contributed by atoms with E-state index in [1.165, 1.54) is 19.3 Å². The molecule has 1 aliphatic carbocycles. The highest BCUT2D eigenvalue weighted by Gasteiger charge is 2.42. The molecule has 1 atom stereocenters. The fourth-order valence-electron chi connectivity index (χ4n) is 4.76. The van der Waals surface area contributed by atoms with E-state index in [1.54, 1.807) is 4.90 Å². The molecular weight excluding hydrogens is 443 g/mol. The zero-order valence-corrected chi connectivity index (χ0v) is 18.1. The van der Waals surface area contributed by atoms with Crippen LogP contribution in [-0.4, -0.2) is 47.0 Å². The van der Waals surface area contributed by atoms with Gasteiger partial charge < -0.3 is 9.80 Å². The summed E-state index contributed by atoms with van der Waals surface area (Å²) in [6.07, 6.45) is -1.78. The summed E-state index contributed by atoms with van der Waals surface area (Å²) in [7, 11) is 0. The standard InChI is InChI=1S/C23H23F5N4O/c1-3-18(33)31-6-8-32(9-7-31)22-15-5-4-14(11-17(15)29-12-30-22)19-20(23(26,27)28)16(24)10-13(2)21(19)25/h3,10,12,14H,1,4-9,11H2,2H3. The number of anilines is 1. The van der Waals surface area contributed by atoms with E-state index in [0.29, 0.717) is 50.2 Å². The molecule has 0 radical (unpaired) electrons. The highest BCUT2D eigenvalue weighted by atomic mass is 19.4. The summed E-state index contributed by atoms with van der Waals surface area (Å²) in [6.45, 7) is 6.83. The van der Waals surface area contributed by atoms with Gasteiger partial charge in [0.05, 0.1) is 5.56 Å². The third-order valence-electron chi connectivity index (χ3n) is 6.39. The molecule has 1 aliphatic heterocycles. The van der Waals surface area contributed by atoms with Gasteiger partial charge in [0.2, 0.25) is 5.91 Å². The van der Waals surface area contributed by atoms with Crippen LogP contribution in [0, 0.1) is 18.6 Å². The number of rotatable bonds is 3. The lowest BCUT2D eigenvalue weighted by Crippen LogP contribution is -2.49. The van der Waals surface area contributed by atoms with Gasteiger partial charge in [-0.25, -0.2) is 18.7 Å². The number of hydrogen-bond donors (Lipinski definition) is 0. The predicted octanol–water partition coefficient (Wildman–Crippen LogP) is 4.19. The highest BCUT2D eigenvalue weighted by molar-refractivity contribution is 5.87. The maximum atomic E-state index is 14.9. The van der Waals surface area contributed by atoms with Gasteiger partial charge in [-0.3, -0.25) is 4.79 Å². The summed E-state index contributed by atoms with van der Waals surface area (Å²) in [4.78, 5) is 24.2. The molecule has 1 fully saturated rings. The molecule has 0 spiro atoms. The number of fused-ring (bicyclic) bond motifs is 1. The molecule has 1 amide bonds. The lowest BCUT2D eigenvalue weighted by molar-refractivity contribution is -0.141. The Bertz CT molecular complexity index is 1090. The first-order valence-corrected chi connectivity index (χ1v) is 10.7. The zero-order valence-electron chi connectivity index (χ0n) is 18.1. The predicted molar refractivity (Wildman–Crippen MR) is 112 cm³/mol. The molecule has 1 aromatic heterocycles. The van der Waals surface area contributed by atoms with Crippen LogP contribution in [0.25, 0.3) is 0 Å². The smallest absolute Gasteiger partial charge is 0.353 e. The average Bonchev–Trinajstić information content (AvgIpc) is 2.79. The number of aromatic nitrogens is 2. The molecule has 33 heavy (non-hydrogen) atoms. The van der Waals surface area contributed by atoms with Crippen LogP contribution in [-0.2, 0) is 23.8 Å². The first-order chi connectivity index (χ1) is 15.6. The Morgan fingerprint density at radius 3 is 2.52 bits per heavy atom. The molecule has 1 aromatic carbocycles. The van der Waals surface area contributed by atoms with Crippen LogP contribution in [0.5, 0.6) is 0 Å². The van der Waals surface area contributed by atoms with Crippen molar-refractivity contribution in [2.75, 3.05) is 31.1 Å². The number of nitrogens with zero attached hydrogens (tertiary/aromatic N) is 4. The van der Waals surface area contributed by atoms with Gasteiger partial charge in [-0.15, -0.1) is 0 Å². The summed E-state index contributed by atoms with van der Waals surface area (Å²) >= 11 is 0. The molecule has 0 saturated carbocycles.